The van der Waals surface area contributed by atoms with Crippen molar-refractivity contribution in [2.75, 3.05) is 12.0 Å². The van der Waals surface area contributed by atoms with E-state index in [0.717, 1.165) is 22.7 Å². The van der Waals surface area contributed by atoms with E-state index in [0.29, 0.717) is 10.0 Å². The van der Waals surface area contributed by atoms with Gasteiger partial charge in [0, 0.05) is 16.9 Å². The van der Waals surface area contributed by atoms with Crippen LogP contribution in [0.4, 0.5) is 5.69 Å². The molecule has 0 aliphatic carbocycles. The lowest BCUT2D eigenvalue weighted by Crippen LogP contribution is -2.65. The third-order valence-corrected chi connectivity index (χ3v) is 5.77. The number of carbonyl (C=O) groups excluding carboxylic acids is 1. The van der Waals surface area contributed by atoms with Gasteiger partial charge in [-0.25, -0.2) is 0 Å². The van der Waals surface area contributed by atoms with E-state index in [9.17, 15) is 4.79 Å². The molecular weight excluding hydrogens is 395 g/mol. The molecule has 4 rings (SSSR count). The number of methoxy groups -OCH3 is 1. The molecule has 1 fully saturated rings. The van der Waals surface area contributed by atoms with E-state index in [1.807, 2.05) is 49.4 Å². The molecule has 1 amide bonds. The molecule has 3 aromatic rings. The molecule has 1 aliphatic rings. The molecule has 6 heteroatoms. The molecule has 4 nitrogen and oxygen atoms in total. The van der Waals surface area contributed by atoms with Crippen molar-refractivity contribution < 1.29 is 9.53 Å². The molecule has 2 aromatic carbocycles. The Labute approximate surface area is 173 Å². The maximum absolute atomic E-state index is 13.4. The van der Waals surface area contributed by atoms with Crippen LogP contribution in [0.1, 0.15) is 24.2 Å². The maximum Gasteiger partial charge on any atom is 0.240 e. The Morgan fingerprint density at radius 2 is 1.61 bits per heavy atom. The van der Waals surface area contributed by atoms with Gasteiger partial charge in [0.1, 0.15) is 5.75 Å². The Bertz CT molecular complexity index is 1000. The van der Waals surface area contributed by atoms with Gasteiger partial charge >= 0.3 is 0 Å². The average molecular weight is 413 g/mol. The van der Waals surface area contributed by atoms with Gasteiger partial charge in [-0.1, -0.05) is 35.3 Å². The van der Waals surface area contributed by atoms with Crippen molar-refractivity contribution in [3.8, 4) is 5.75 Å². The van der Waals surface area contributed by atoms with E-state index >= 15 is 0 Å². The van der Waals surface area contributed by atoms with Crippen LogP contribution in [0, 0.1) is 0 Å². The second-order valence-electron chi connectivity index (χ2n) is 6.89. The van der Waals surface area contributed by atoms with Crippen molar-refractivity contribution in [1.29, 1.82) is 0 Å². The molecule has 0 spiro atoms. The summed E-state index contributed by atoms with van der Waals surface area (Å²) in [7, 11) is 1.61. The molecule has 1 aromatic heterocycles. The molecule has 28 heavy (non-hydrogen) atoms. The number of aromatic nitrogens is 1. The van der Waals surface area contributed by atoms with Gasteiger partial charge in [-0.15, -0.1) is 0 Å². The van der Waals surface area contributed by atoms with Crippen molar-refractivity contribution in [3.05, 3.63) is 88.2 Å². The third-order valence-electron chi connectivity index (χ3n) is 5.29. The summed E-state index contributed by atoms with van der Waals surface area (Å²) in [6, 6.07) is 18.2. The molecule has 1 saturated heterocycles. The van der Waals surface area contributed by atoms with E-state index in [1.165, 1.54) is 0 Å². The van der Waals surface area contributed by atoms with Gasteiger partial charge in [0.25, 0.3) is 0 Å². The second kappa shape index (κ2) is 7.12. The minimum absolute atomic E-state index is 0.00161. The first-order chi connectivity index (χ1) is 13.4. The Kier molecular flexibility index (Phi) is 4.77. The zero-order chi connectivity index (χ0) is 19.9. The molecule has 1 aliphatic heterocycles. The van der Waals surface area contributed by atoms with Gasteiger partial charge in [-0.3, -0.25) is 9.78 Å². The standard InChI is InChI=1S/C22H18Cl2N2O2/c1-22(14-3-5-15(23)6-4-14)20(19-12-7-16(24)13-25-19)26(21(22)27)17-8-10-18(28-2)11-9-17/h3-13,20H,1-2H3. The summed E-state index contributed by atoms with van der Waals surface area (Å²) >= 11 is 12.1. The Morgan fingerprint density at radius 1 is 0.964 bits per heavy atom. The number of hydrogen-bond donors (Lipinski definition) is 0. The smallest absolute Gasteiger partial charge is 0.240 e. The predicted molar refractivity (Wildman–Crippen MR) is 111 cm³/mol. The fourth-order valence-electron chi connectivity index (χ4n) is 3.74. The van der Waals surface area contributed by atoms with Gasteiger partial charge in [0.2, 0.25) is 5.91 Å². The van der Waals surface area contributed by atoms with Crippen LogP contribution in [0.2, 0.25) is 10.0 Å². The van der Waals surface area contributed by atoms with Crippen LogP contribution >= 0.6 is 23.2 Å². The fraction of sp³-hybridized carbons (Fsp3) is 0.182. The van der Waals surface area contributed by atoms with Crippen molar-refractivity contribution in [2.24, 2.45) is 0 Å². The highest BCUT2D eigenvalue weighted by atomic mass is 35.5. The van der Waals surface area contributed by atoms with Crippen LogP contribution < -0.4 is 9.64 Å². The number of benzene rings is 2. The molecule has 0 N–H and O–H groups in total. The zero-order valence-electron chi connectivity index (χ0n) is 15.4. The van der Waals surface area contributed by atoms with Gasteiger partial charge in [-0.05, 0) is 61.0 Å². The number of carbonyl (C=O) groups is 1. The van der Waals surface area contributed by atoms with Crippen molar-refractivity contribution in [2.45, 2.75) is 18.4 Å². The summed E-state index contributed by atoms with van der Waals surface area (Å²) in [5.41, 5.74) is 1.70. The first kappa shape index (κ1) is 18.8. The van der Waals surface area contributed by atoms with Gasteiger partial charge in [0.15, 0.2) is 0 Å². The number of rotatable bonds is 4. The van der Waals surface area contributed by atoms with E-state index in [-0.39, 0.29) is 11.9 Å². The molecule has 142 valence electrons. The second-order valence-corrected chi connectivity index (χ2v) is 7.76. The number of β-lactam (4-membered cyclic amide) rings is 1. The Balaban J connectivity index is 1.81. The van der Waals surface area contributed by atoms with Crippen molar-refractivity contribution in [3.63, 3.8) is 0 Å². The summed E-state index contributed by atoms with van der Waals surface area (Å²) < 4.78 is 5.23. The SMILES string of the molecule is COc1ccc(N2C(=O)C(C)(c3ccc(Cl)cc3)C2c2ccc(Cl)cn2)cc1. The number of amides is 1. The maximum atomic E-state index is 13.4. The monoisotopic (exact) mass is 412 g/mol. The van der Waals surface area contributed by atoms with E-state index < -0.39 is 5.41 Å². The predicted octanol–water partition coefficient (Wildman–Crippen LogP) is 5.44. The van der Waals surface area contributed by atoms with Crippen LogP contribution in [0.3, 0.4) is 0 Å². The largest absolute Gasteiger partial charge is 0.497 e. The fourth-order valence-corrected chi connectivity index (χ4v) is 3.98. The van der Waals surface area contributed by atoms with E-state index in [4.69, 9.17) is 27.9 Å². The van der Waals surface area contributed by atoms with E-state index in [1.54, 1.807) is 36.4 Å². The summed E-state index contributed by atoms with van der Waals surface area (Å²) in [5, 5.41) is 1.19. The minimum Gasteiger partial charge on any atom is -0.497 e. The number of pyridine rings is 1. The molecule has 2 unspecified atom stereocenters. The normalized spacial score (nSPS) is 21.4. The number of hydrogen-bond acceptors (Lipinski definition) is 3. The van der Waals surface area contributed by atoms with Crippen LogP contribution in [-0.4, -0.2) is 18.0 Å². The topological polar surface area (TPSA) is 42.4 Å². The summed E-state index contributed by atoms with van der Waals surface area (Å²) in [4.78, 5) is 19.7. The number of nitrogens with zero attached hydrogens (tertiary/aromatic N) is 2. The van der Waals surface area contributed by atoms with Crippen LogP contribution in [0.5, 0.6) is 5.75 Å². The van der Waals surface area contributed by atoms with Crippen LogP contribution in [-0.2, 0) is 10.2 Å². The molecule has 0 saturated carbocycles. The quantitative estimate of drug-likeness (QED) is 0.535. The van der Waals surface area contributed by atoms with Crippen LogP contribution in [0.15, 0.2) is 66.9 Å². The summed E-state index contributed by atoms with van der Waals surface area (Å²) in [5.74, 6) is 0.736. The first-order valence-electron chi connectivity index (χ1n) is 8.80. The Hall–Kier alpha value is -2.56. The average Bonchev–Trinajstić information content (AvgIpc) is 2.72. The lowest BCUT2D eigenvalue weighted by molar-refractivity contribution is -0.132. The molecular formula is C22H18Cl2N2O2. The van der Waals surface area contributed by atoms with Crippen LogP contribution in [0.25, 0.3) is 0 Å². The third kappa shape index (κ3) is 2.93. The molecule has 0 bridgehead atoms. The van der Waals surface area contributed by atoms with Crippen molar-refractivity contribution >= 4 is 34.8 Å². The number of ether oxygens (including phenoxy) is 1. The molecule has 2 heterocycles. The zero-order valence-corrected chi connectivity index (χ0v) is 16.9. The molecule has 0 radical (unpaired) electrons. The number of anilines is 1. The lowest BCUT2D eigenvalue weighted by Gasteiger charge is -2.54. The van der Waals surface area contributed by atoms with Crippen molar-refractivity contribution in [1.82, 2.24) is 4.98 Å². The van der Waals surface area contributed by atoms with Gasteiger partial charge in [-0.2, -0.15) is 0 Å². The molecule has 2 atom stereocenters. The highest BCUT2D eigenvalue weighted by Crippen LogP contribution is 2.53. The van der Waals surface area contributed by atoms with E-state index in [2.05, 4.69) is 4.98 Å². The summed E-state index contributed by atoms with van der Waals surface area (Å²) in [6.07, 6.45) is 1.61. The first-order valence-corrected chi connectivity index (χ1v) is 9.56. The lowest BCUT2D eigenvalue weighted by atomic mass is 9.65. The summed E-state index contributed by atoms with van der Waals surface area (Å²) in [6.45, 7) is 1.94. The van der Waals surface area contributed by atoms with Gasteiger partial charge in [0.05, 0.1) is 29.3 Å². The highest BCUT2D eigenvalue weighted by Gasteiger charge is 2.60. The number of halogens is 2. The highest BCUT2D eigenvalue weighted by molar-refractivity contribution is 6.30. The minimum atomic E-state index is -0.759. The van der Waals surface area contributed by atoms with Gasteiger partial charge < -0.3 is 9.64 Å². The Morgan fingerprint density at radius 3 is 2.18 bits per heavy atom.